The van der Waals surface area contributed by atoms with Gasteiger partial charge in [0.2, 0.25) is 0 Å². The molecule has 0 amide bonds. The predicted molar refractivity (Wildman–Crippen MR) is 60.6 cm³/mol. The van der Waals surface area contributed by atoms with Gasteiger partial charge in [0, 0.05) is 0 Å². The zero-order chi connectivity index (χ0) is 12.6. The zero-order valence-electron chi connectivity index (χ0n) is 9.57. The summed E-state index contributed by atoms with van der Waals surface area (Å²) < 4.78 is 16.7. The molecule has 2 N–H and O–H groups in total. The van der Waals surface area contributed by atoms with Crippen LogP contribution in [0.3, 0.4) is 0 Å². The van der Waals surface area contributed by atoms with Crippen molar-refractivity contribution in [2.75, 3.05) is 6.61 Å². The Bertz CT molecular complexity index is 344. The lowest BCUT2D eigenvalue weighted by molar-refractivity contribution is -0.217. The van der Waals surface area contributed by atoms with Crippen LogP contribution in [0, 0.1) is 0 Å². The van der Waals surface area contributed by atoms with Crippen molar-refractivity contribution in [2.24, 2.45) is 4.99 Å². The first-order valence-electron chi connectivity index (χ1n) is 5.35. The summed E-state index contributed by atoms with van der Waals surface area (Å²) in [6.07, 6.45) is -2.78. The first kappa shape index (κ1) is 13.0. The molecule has 0 aromatic rings. The van der Waals surface area contributed by atoms with Gasteiger partial charge in [0.25, 0.3) is 0 Å². The fourth-order valence-electron chi connectivity index (χ4n) is 2.15. The molecule has 0 bridgehead atoms. The standard InChI is InChI=1S/C10H15NO5S/c1-10(2)15-8-6(11-4-17)7(5(13)3-12)14-9(8)16-10/h5-9,12-13H,3H2,1-2H3/t5-,6-,7-,8-,9-/m1/s1. The number of isothiocyanates is 1. The van der Waals surface area contributed by atoms with Crippen molar-refractivity contribution in [3.63, 3.8) is 0 Å². The number of nitrogens with zero attached hydrogens (tertiary/aromatic N) is 1. The van der Waals surface area contributed by atoms with Gasteiger partial charge in [0.1, 0.15) is 24.4 Å². The van der Waals surface area contributed by atoms with Gasteiger partial charge >= 0.3 is 0 Å². The number of fused-ring (bicyclic) bond motifs is 1. The number of aliphatic hydroxyl groups is 2. The maximum absolute atomic E-state index is 9.63. The molecular formula is C10H15NO5S. The first-order chi connectivity index (χ1) is 7.98. The largest absolute Gasteiger partial charge is 0.394 e. The molecule has 2 aliphatic heterocycles. The third-order valence-corrected chi connectivity index (χ3v) is 2.93. The quantitative estimate of drug-likeness (QED) is 0.536. The van der Waals surface area contributed by atoms with Gasteiger partial charge in [-0.05, 0) is 26.1 Å². The Morgan fingerprint density at radius 3 is 2.76 bits per heavy atom. The molecule has 6 nitrogen and oxygen atoms in total. The van der Waals surface area contributed by atoms with E-state index in [1.807, 2.05) is 0 Å². The van der Waals surface area contributed by atoms with Gasteiger partial charge in [-0.3, -0.25) is 0 Å². The number of thiocarbonyl (C=S) groups is 1. The van der Waals surface area contributed by atoms with E-state index in [2.05, 4.69) is 22.4 Å². The van der Waals surface area contributed by atoms with E-state index in [-0.39, 0.29) is 0 Å². The number of hydrogen-bond acceptors (Lipinski definition) is 7. The van der Waals surface area contributed by atoms with Crippen LogP contribution in [-0.4, -0.2) is 58.4 Å². The van der Waals surface area contributed by atoms with Gasteiger partial charge < -0.3 is 24.4 Å². The van der Waals surface area contributed by atoms with Crippen molar-refractivity contribution in [3.8, 4) is 0 Å². The van der Waals surface area contributed by atoms with E-state index in [0.717, 1.165) is 0 Å². The Hall–Kier alpha value is -0.400. The second-order valence-corrected chi connectivity index (χ2v) is 4.71. The molecule has 2 fully saturated rings. The first-order valence-corrected chi connectivity index (χ1v) is 5.76. The van der Waals surface area contributed by atoms with E-state index >= 15 is 0 Å². The summed E-state index contributed by atoms with van der Waals surface area (Å²) in [5.41, 5.74) is 0. The molecule has 17 heavy (non-hydrogen) atoms. The van der Waals surface area contributed by atoms with Crippen LogP contribution in [0.5, 0.6) is 0 Å². The second-order valence-electron chi connectivity index (χ2n) is 4.53. The third kappa shape index (κ3) is 2.41. The monoisotopic (exact) mass is 261 g/mol. The summed E-state index contributed by atoms with van der Waals surface area (Å²) >= 11 is 4.57. The average molecular weight is 261 g/mol. The Kier molecular flexibility index (Phi) is 3.61. The third-order valence-electron chi connectivity index (χ3n) is 2.82. The Balaban J connectivity index is 2.18. The van der Waals surface area contributed by atoms with E-state index in [0.29, 0.717) is 0 Å². The summed E-state index contributed by atoms with van der Waals surface area (Å²) in [4.78, 5) is 3.95. The van der Waals surface area contributed by atoms with Gasteiger partial charge in [-0.1, -0.05) is 0 Å². The van der Waals surface area contributed by atoms with E-state index in [9.17, 15) is 5.11 Å². The fraction of sp³-hybridized carbons (Fsp3) is 0.900. The lowest BCUT2D eigenvalue weighted by atomic mass is 10.0. The van der Waals surface area contributed by atoms with Crippen LogP contribution >= 0.6 is 12.2 Å². The molecule has 0 saturated carbocycles. The number of aliphatic imine (C=N–C) groups is 1. The summed E-state index contributed by atoms with van der Waals surface area (Å²) in [6.45, 7) is 3.12. The summed E-state index contributed by atoms with van der Waals surface area (Å²) in [5, 5.41) is 20.8. The van der Waals surface area contributed by atoms with E-state index in [4.69, 9.17) is 19.3 Å². The van der Waals surface area contributed by atoms with Crippen LogP contribution in [0.15, 0.2) is 4.99 Å². The molecule has 0 aliphatic carbocycles. The molecule has 0 spiro atoms. The molecule has 0 unspecified atom stereocenters. The topological polar surface area (TPSA) is 80.5 Å². The van der Waals surface area contributed by atoms with Gasteiger partial charge in [0.15, 0.2) is 12.1 Å². The highest BCUT2D eigenvalue weighted by Crippen LogP contribution is 2.39. The van der Waals surface area contributed by atoms with Crippen molar-refractivity contribution in [3.05, 3.63) is 0 Å². The lowest BCUT2D eigenvalue weighted by Gasteiger charge is -2.25. The lowest BCUT2D eigenvalue weighted by Crippen LogP contribution is -2.41. The maximum Gasteiger partial charge on any atom is 0.189 e. The van der Waals surface area contributed by atoms with Gasteiger partial charge in [-0.15, -0.1) is 0 Å². The average Bonchev–Trinajstić information content (AvgIpc) is 2.72. The fourth-order valence-corrected chi connectivity index (χ4v) is 2.27. The SMILES string of the molecule is CC1(C)O[C@H]2O[C@H]([C@H](O)CO)[C@@H](N=C=S)[C@H]2O1. The Morgan fingerprint density at radius 1 is 1.47 bits per heavy atom. The van der Waals surface area contributed by atoms with E-state index in [1.54, 1.807) is 13.8 Å². The minimum absolute atomic E-state index is 0.420. The highest BCUT2D eigenvalue weighted by Gasteiger charge is 2.56. The molecule has 7 heteroatoms. The smallest absolute Gasteiger partial charge is 0.189 e. The van der Waals surface area contributed by atoms with Crippen LogP contribution in [0.4, 0.5) is 0 Å². The molecule has 2 aliphatic rings. The minimum atomic E-state index is -1.05. The molecule has 5 atom stereocenters. The van der Waals surface area contributed by atoms with Crippen LogP contribution in [0.25, 0.3) is 0 Å². The number of hydrogen-bond donors (Lipinski definition) is 2. The van der Waals surface area contributed by atoms with E-state index < -0.39 is 43.0 Å². The molecule has 0 aromatic carbocycles. The van der Waals surface area contributed by atoms with Gasteiger partial charge in [-0.25, -0.2) is 4.99 Å². The second kappa shape index (κ2) is 4.70. The zero-order valence-corrected chi connectivity index (χ0v) is 10.4. The molecule has 2 heterocycles. The summed E-state index contributed by atoms with van der Waals surface area (Å²) in [6, 6.07) is -0.513. The van der Waals surface area contributed by atoms with Gasteiger partial charge in [-0.2, -0.15) is 0 Å². The van der Waals surface area contributed by atoms with Crippen molar-refractivity contribution in [1.82, 2.24) is 0 Å². The van der Waals surface area contributed by atoms with Crippen molar-refractivity contribution >= 4 is 17.4 Å². The van der Waals surface area contributed by atoms with E-state index in [1.165, 1.54) is 0 Å². The predicted octanol–water partition coefficient (Wildman–Crippen LogP) is -0.313. The molecular weight excluding hydrogens is 246 g/mol. The molecule has 2 rings (SSSR count). The summed E-state index contributed by atoms with van der Waals surface area (Å²) in [7, 11) is 0. The molecule has 0 aromatic heterocycles. The van der Waals surface area contributed by atoms with Crippen LogP contribution in [0.2, 0.25) is 0 Å². The van der Waals surface area contributed by atoms with Crippen LogP contribution in [-0.2, 0) is 14.2 Å². The van der Waals surface area contributed by atoms with Gasteiger partial charge in [0.05, 0.1) is 11.8 Å². The van der Waals surface area contributed by atoms with Crippen LogP contribution < -0.4 is 0 Å². The normalized spacial score (nSPS) is 40.7. The highest BCUT2D eigenvalue weighted by atomic mass is 32.1. The van der Waals surface area contributed by atoms with Crippen molar-refractivity contribution in [2.45, 2.75) is 50.3 Å². The molecule has 96 valence electrons. The molecule has 2 saturated heterocycles. The number of rotatable bonds is 3. The molecule has 0 radical (unpaired) electrons. The number of aliphatic hydroxyl groups excluding tert-OH is 2. The van der Waals surface area contributed by atoms with Crippen molar-refractivity contribution < 1.29 is 24.4 Å². The van der Waals surface area contributed by atoms with Crippen LogP contribution in [0.1, 0.15) is 13.8 Å². The maximum atomic E-state index is 9.63. The highest BCUT2D eigenvalue weighted by molar-refractivity contribution is 7.78. The van der Waals surface area contributed by atoms with Crippen molar-refractivity contribution in [1.29, 1.82) is 0 Å². The summed E-state index contributed by atoms with van der Waals surface area (Å²) in [5.74, 6) is -0.750. The Morgan fingerprint density at radius 2 is 2.18 bits per heavy atom. The minimum Gasteiger partial charge on any atom is -0.394 e. The number of ether oxygens (including phenoxy) is 3. The Labute approximate surface area is 104 Å².